The Morgan fingerprint density at radius 2 is 1.95 bits per heavy atom. The average molecular weight is 271 g/mol. The molecule has 1 N–H and O–H groups in total. The van der Waals surface area contributed by atoms with Gasteiger partial charge in [0.25, 0.3) is 0 Å². The number of aryl methyl sites for hydroxylation is 1. The van der Waals surface area contributed by atoms with Gasteiger partial charge in [0.2, 0.25) is 0 Å². The first-order chi connectivity index (χ1) is 9.76. The summed E-state index contributed by atoms with van der Waals surface area (Å²) in [6, 6.07) is 9.36. The normalized spacial score (nSPS) is 34.3. The second-order valence-electron chi connectivity index (χ2n) is 7.00. The molecule has 2 aliphatic rings. The number of benzene rings is 1. The van der Waals surface area contributed by atoms with Gasteiger partial charge in [-0.2, -0.15) is 0 Å². The first-order valence-corrected chi connectivity index (χ1v) is 8.53. The Morgan fingerprint density at radius 3 is 2.70 bits per heavy atom. The predicted molar refractivity (Wildman–Crippen MR) is 86.1 cm³/mol. The van der Waals surface area contributed by atoms with Crippen molar-refractivity contribution < 1.29 is 0 Å². The van der Waals surface area contributed by atoms with Crippen molar-refractivity contribution in [3.8, 4) is 0 Å². The Balaban J connectivity index is 1.95. The van der Waals surface area contributed by atoms with Crippen molar-refractivity contribution >= 4 is 0 Å². The van der Waals surface area contributed by atoms with E-state index in [-0.39, 0.29) is 0 Å². The highest BCUT2D eigenvalue weighted by molar-refractivity contribution is 5.28. The van der Waals surface area contributed by atoms with Gasteiger partial charge in [0.15, 0.2) is 0 Å². The standard InChI is InChI=1S/C19H29N/c1-3-17-6-4-5-11-19(17)12-13-20-14-18(19)16-9-7-15(2)8-10-16/h7-10,17-18,20H,3-6,11-14H2,1-2H3. The monoisotopic (exact) mass is 271 g/mol. The summed E-state index contributed by atoms with van der Waals surface area (Å²) in [7, 11) is 0. The molecular formula is C19H29N. The molecule has 1 spiro atoms. The van der Waals surface area contributed by atoms with E-state index in [0.717, 1.165) is 11.8 Å². The molecule has 20 heavy (non-hydrogen) atoms. The van der Waals surface area contributed by atoms with Gasteiger partial charge in [0.05, 0.1) is 0 Å². The van der Waals surface area contributed by atoms with Gasteiger partial charge in [-0.15, -0.1) is 0 Å². The predicted octanol–water partition coefficient (Wildman–Crippen LogP) is 4.66. The lowest BCUT2D eigenvalue weighted by Crippen LogP contribution is -2.49. The fourth-order valence-electron chi connectivity index (χ4n) is 4.93. The van der Waals surface area contributed by atoms with Crippen molar-refractivity contribution in [3.05, 3.63) is 35.4 Å². The van der Waals surface area contributed by atoms with Gasteiger partial charge in [0.1, 0.15) is 0 Å². The minimum absolute atomic E-state index is 0.577. The number of hydrogen-bond donors (Lipinski definition) is 1. The molecule has 0 bridgehead atoms. The van der Waals surface area contributed by atoms with Crippen LogP contribution < -0.4 is 5.32 Å². The second-order valence-corrected chi connectivity index (χ2v) is 7.00. The molecule has 1 nitrogen and oxygen atoms in total. The Hall–Kier alpha value is -0.820. The van der Waals surface area contributed by atoms with Crippen LogP contribution in [0.2, 0.25) is 0 Å². The molecule has 1 saturated carbocycles. The van der Waals surface area contributed by atoms with Gasteiger partial charge >= 0.3 is 0 Å². The lowest BCUT2D eigenvalue weighted by molar-refractivity contribution is 0.0293. The number of nitrogens with one attached hydrogen (secondary N) is 1. The molecular weight excluding hydrogens is 242 g/mol. The van der Waals surface area contributed by atoms with E-state index < -0.39 is 0 Å². The van der Waals surface area contributed by atoms with Crippen molar-refractivity contribution in [1.29, 1.82) is 0 Å². The van der Waals surface area contributed by atoms with Gasteiger partial charge in [-0.1, -0.05) is 56.0 Å². The van der Waals surface area contributed by atoms with Crippen LogP contribution in [0.1, 0.15) is 62.5 Å². The maximum atomic E-state index is 3.66. The molecule has 0 amide bonds. The summed E-state index contributed by atoms with van der Waals surface area (Å²) in [6.07, 6.45) is 8.55. The summed E-state index contributed by atoms with van der Waals surface area (Å²) in [6.45, 7) is 7.00. The zero-order valence-electron chi connectivity index (χ0n) is 13.1. The van der Waals surface area contributed by atoms with E-state index in [1.165, 1.54) is 57.2 Å². The van der Waals surface area contributed by atoms with Crippen LogP contribution in [0.3, 0.4) is 0 Å². The number of piperidine rings is 1. The van der Waals surface area contributed by atoms with Crippen molar-refractivity contribution in [1.82, 2.24) is 5.32 Å². The van der Waals surface area contributed by atoms with E-state index in [1.54, 1.807) is 5.56 Å². The molecule has 3 atom stereocenters. The van der Waals surface area contributed by atoms with E-state index >= 15 is 0 Å². The highest BCUT2D eigenvalue weighted by Gasteiger charge is 2.47. The Kier molecular flexibility index (Phi) is 4.16. The average Bonchev–Trinajstić information content (AvgIpc) is 2.49. The fourth-order valence-corrected chi connectivity index (χ4v) is 4.93. The lowest BCUT2D eigenvalue weighted by atomic mass is 9.55. The first-order valence-electron chi connectivity index (χ1n) is 8.53. The topological polar surface area (TPSA) is 12.0 Å². The summed E-state index contributed by atoms with van der Waals surface area (Å²) in [5, 5.41) is 3.66. The van der Waals surface area contributed by atoms with Crippen LogP contribution >= 0.6 is 0 Å². The molecule has 0 radical (unpaired) electrons. The van der Waals surface area contributed by atoms with Crippen LogP contribution in [0, 0.1) is 18.3 Å². The molecule has 1 aliphatic carbocycles. The number of rotatable bonds is 2. The summed E-state index contributed by atoms with van der Waals surface area (Å²) in [5.41, 5.74) is 3.53. The Morgan fingerprint density at radius 1 is 1.15 bits per heavy atom. The van der Waals surface area contributed by atoms with E-state index in [1.807, 2.05) is 0 Å². The summed E-state index contributed by atoms with van der Waals surface area (Å²) in [4.78, 5) is 0. The van der Waals surface area contributed by atoms with Crippen LogP contribution in [-0.2, 0) is 0 Å². The summed E-state index contributed by atoms with van der Waals surface area (Å²) in [5.74, 6) is 1.66. The van der Waals surface area contributed by atoms with Crippen LogP contribution in [0.5, 0.6) is 0 Å². The largest absolute Gasteiger partial charge is 0.316 e. The minimum Gasteiger partial charge on any atom is -0.316 e. The Bertz CT molecular complexity index is 430. The lowest BCUT2D eigenvalue weighted by Gasteiger charge is -2.52. The molecule has 1 heterocycles. The third-order valence-electron chi connectivity index (χ3n) is 6.04. The van der Waals surface area contributed by atoms with Crippen molar-refractivity contribution in [3.63, 3.8) is 0 Å². The molecule has 1 aromatic rings. The summed E-state index contributed by atoms with van der Waals surface area (Å²) < 4.78 is 0. The first kappa shape index (κ1) is 14.1. The van der Waals surface area contributed by atoms with Gasteiger partial charge in [0, 0.05) is 12.5 Å². The molecule has 1 heteroatoms. The minimum atomic E-state index is 0.577. The molecule has 0 aromatic heterocycles. The smallest absolute Gasteiger partial charge is 0.00256 e. The molecule has 1 aromatic carbocycles. The molecule has 110 valence electrons. The molecule has 2 fully saturated rings. The van der Waals surface area contributed by atoms with Gasteiger partial charge < -0.3 is 5.32 Å². The van der Waals surface area contributed by atoms with E-state index in [2.05, 4.69) is 43.4 Å². The third-order valence-corrected chi connectivity index (χ3v) is 6.04. The van der Waals surface area contributed by atoms with Crippen molar-refractivity contribution in [2.45, 2.75) is 58.3 Å². The van der Waals surface area contributed by atoms with Crippen molar-refractivity contribution in [2.75, 3.05) is 13.1 Å². The highest BCUT2D eigenvalue weighted by atomic mass is 14.9. The SMILES string of the molecule is CCC1CCCCC12CCNCC2c1ccc(C)cc1. The van der Waals surface area contributed by atoms with Crippen LogP contribution in [0.25, 0.3) is 0 Å². The Labute approximate surface area is 124 Å². The van der Waals surface area contributed by atoms with Crippen LogP contribution in [-0.4, -0.2) is 13.1 Å². The highest BCUT2D eigenvalue weighted by Crippen LogP contribution is 2.55. The van der Waals surface area contributed by atoms with Gasteiger partial charge in [-0.05, 0) is 49.6 Å². The molecule has 1 aliphatic heterocycles. The second kappa shape index (κ2) is 5.89. The zero-order chi connectivity index (χ0) is 14.0. The fraction of sp³-hybridized carbons (Fsp3) is 0.684. The van der Waals surface area contributed by atoms with E-state index in [4.69, 9.17) is 0 Å². The van der Waals surface area contributed by atoms with Crippen molar-refractivity contribution in [2.24, 2.45) is 11.3 Å². The zero-order valence-corrected chi connectivity index (χ0v) is 13.1. The van der Waals surface area contributed by atoms with Crippen LogP contribution in [0.15, 0.2) is 24.3 Å². The van der Waals surface area contributed by atoms with Crippen LogP contribution in [0.4, 0.5) is 0 Å². The number of hydrogen-bond acceptors (Lipinski definition) is 1. The maximum Gasteiger partial charge on any atom is 0.00256 e. The molecule has 3 rings (SSSR count). The van der Waals surface area contributed by atoms with Gasteiger partial charge in [-0.3, -0.25) is 0 Å². The third kappa shape index (κ3) is 2.41. The maximum absolute atomic E-state index is 3.66. The molecule has 3 unspecified atom stereocenters. The van der Waals surface area contributed by atoms with E-state index in [0.29, 0.717) is 5.41 Å². The van der Waals surface area contributed by atoms with Gasteiger partial charge in [-0.25, -0.2) is 0 Å². The summed E-state index contributed by atoms with van der Waals surface area (Å²) >= 11 is 0. The molecule has 1 saturated heterocycles. The van der Waals surface area contributed by atoms with E-state index in [9.17, 15) is 0 Å². The quantitative estimate of drug-likeness (QED) is 0.825.